The molecule has 6 heterocycles. The van der Waals surface area contributed by atoms with Crippen molar-refractivity contribution in [3.63, 3.8) is 0 Å². The summed E-state index contributed by atoms with van der Waals surface area (Å²) >= 11 is 14.2. The molecule has 5 aromatic rings. The Hall–Kier alpha value is -5.05. The zero-order valence-corrected chi connectivity index (χ0v) is 31.9. The Kier molecular flexibility index (Phi) is 10.8. The largest absolute Gasteiger partial charge is 0.493 e. The first-order valence-electron chi connectivity index (χ1n) is 17.7. The molecule has 12 nitrogen and oxygen atoms in total. The summed E-state index contributed by atoms with van der Waals surface area (Å²) in [5.41, 5.74) is 5.24. The van der Waals surface area contributed by atoms with Gasteiger partial charge in [0.25, 0.3) is 5.92 Å². The van der Waals surface area contributed by atoms with Crippen LogP contribution in [-0.4, -0.2) is 104 Å². The number of halogens is 4. The van der Waals surface area contributed by atoms with Crippen molar-refractivity contribution in [2.75, 3.05) is 40.4 Å². The summed E-state index contributed by atoms with van der Waals surface area (Å²) in [5, 5.41) is 10.8. The number of imidazole rings is 1. The maximum Gasteiger partial charge on any atom is 0.407 e. The second kappa shape index (κ2) is 15.6. The zero-order chi connectivity index (χ0) is 39.0. The summed E-state index contributed by atoms with van der Waals surface area (Å²) in [6, 6.07) is 12.4. The number of hydrogen-bond acceptors (Lipinski definition) is 8. The van der Waals surface area contributed by atoms with Crippen LogP contribution in [0.25, 0.3) is 39.3 Å². The molecule has 0 saturated carbocycles. The monoisotopic (exact) mass is 793 g/mol. The molecule has 0 bridgehead atoms. The second-order valence-corrected chi connectivity index (χ2v) is 14.5. The van der Waals surface area contributed by atoms with E-state index in [0.29, 0.717) is 98.8 Å². The number of carboxylic acid groups (broad SMARTS) is 1. The van der Waals surface area contributed by atoms with Gasteiger partial charge < -0.3 is 28.8 Å². The molecule has 2 fully saturated rings. The van der Waals surface area contributed by atoms with Crippen molar-refractivity contribution in [1.29, 1.82) is 0 Å². The van der Waals surface area contributed by atoms with Crippen molar-refractivity contribution in [2.45, 2.75) is 51.2 Å². The van der Waals surface area contributed by atoms with E-state index in [1.165, 1.54) is 26.0 Å². The van der Waals surface area contributed by atoms with Crippen LogP contribution >= 0.6 is 23.2 Å². The quantitative estimate of drug-likeness (QED) is 0.151. The Bertz CT molecular complexity index is 2260. The maximum absolute atomic E-state index is 13.8. The van der Waals surface area contributed by atoms with Gasteiger partial charge in [0, 0.05) is 92.0 Å². The van der Waals surface area contributed by atoms with Crippen molar-refractivity contribution in [3.8, 4) is 45.3 Å². The average Bonchev–Trinajstić information content (AvgIpc) is 3.74. The van der Waals surface area contributed by atoms with Gasteiger partial charge in [-0.3, -0.25) is 14.7 Å². The molecule has 288 valence electrons. The van der Waals surface area contributed by atoms with E-state index >= 15 is 0 Å². The summed E-state index contributed by atoms with van der Waals surface area (Å²) in [5.74, 6) is -1.99. The number of benzene rings is 1. The van der Waals surface area contributed by atoms with Crippen LogP contribution in [0.4, 0.5) is 13.6 Å². The minimum Gasteiger partial charge on any atom is -0.493 e. The number of aromatic nitrogens is 4. The number of carbonyl (C=O) groups excluding carboxylic acids is 1. The van der Waals surface area contributed by atoms with Gasteiger partial charge in [0.05, 0.1) is 54.4 Å². The van der Waals surface area contributed by atoms with E-state index in [1.807, 2.05) is 24.4 Å². The van der Waals surface area contributed by atoms with Crippen molar-refractivity contribution >= 4 is 40.8 Å². The number of piperidine rings is 1. The Balaban J connectivity index is 1.16. The molecule has 0 atom stereocenters. The molecule has 0 spiro atoms. The molecule has 2 saturated heterocycles. The molecule has 0 aliphatic carbocycles. The minimum absolute atomic E-state index is 0.0208. The summed E-state index contributed by atoms with van der Waals surface area (Å²) < 4.78 is 40.8. The van der Waals surface area contributed by atoms with E-state index in [4.69, 9.17) is 37.7 Å². The molecular formula is C39H39Cl2F2N7O5. The Morgan fingerprint density at radius 1 is 0.982 bits per heavy atom. The van der Waals surface area contributed by atoms with E-state index in [1.54, 1.807) is 50.9 Å². The maximum atomic E-state index is 13.8. The number of carbonyl (C=O) groups is 2. The van der Waals surface area contributed by atoms with Gasteiger partial charge in [0.2, 0.25) is 11.8 Å². The fraction of sp³-hybridized carbons (Fsp3) is 0.359. The number of methoxy groups -OCH3 is 2. The van der Waals surface area contributed by atoms with Gasteiger partial charge in [-0.25, -0.2) is 23.5 Å². The zero-order valence-electron chi connectivity index (χ0n) is 30.4. The Morgan fingerprint density at radius 2 is 1.73 bits per heavy atom. The van der Waals surface area contributed by atoms with Gasteiger partial charge in [-0.2, -0.15) is 0 Å². The molecule has 1 N–H and O–H groups in total. The van der Waals surface area contributed by atoms with E-state index in [2.05, 4.69) is 9.97 Å². The van der Waals surface area contributed by atoms with E-state index < -0.39 is 12.0 Å². The number of ether oxygens (including phenoxy) is 2. The van der Waals surface area contributed by atoms with Crippen molar-refractivity contribution in [2.24, 2.45) is 0 Å². The van der Waals surface area contributed by atoms with Crippen LogP contribution in [0.3, 0.4) is 0 Å². The molecule has 16 heteroatoms. The van der Waals surface area contributed by atoms with Gasteiger partial charge in [-0.05, 0) is 37.1 Å². The summed E-state index contributed by atoms with van der Waals surface area (Å²) in [6.45, 7) is 2.85. The SMILES string of the molecule is COc1nc(-c2cccc(-c3ccnc(-c4cc(OC)c5nc(CN6CCC(F)(F)C6)cn5c4)c3Cl)c2Cl)ccc1CN(C(=O)O)C1CCN(C(C)=O)CC1. The number of rotatable bonds is 10. The van der Waals surface area contributed by atoms with Gasteiger partial charge >= 0.3 is 6.09 Å². The second-order valence-electron chi connectivity index (χ2n) is 13.8. The number of nitrogens with zero attached hydrogens (tertiary/aromatic N) is 7. The van der Waals surface area contributed by atoms with Gasteiger partial charge in [0.15, 0.2) is 11.4 Å². The normalized spacial score (nSPS) is 16.1. The molecule has 4 aromatic heterocycles. The van der Waals surface area contributed by atoms with Gasteiger partial charge in [-0.1, -0.05) is 41.4 Å². The minimum atomic E-state index is -2.70. The third kappa shape index (κ3) is 7.89. The highest BCUT2D eigenvalue weighted by Gasteiger charge is 2.38. The molecule has 1 aromatic carbocycles. The van der Waals surface area contributed by atoms with Crippen LogP contribution < -0.4 is 9.47 Å². The van der Waals surface area contributed by atoms with E-state index in [9.17, 15) is 23.5 Å². The molecule has 55 heavy (non-hydrogen) atoms. The highest BCUT2D eigenvalue weighted by Crippen LogP contribution is 2.42. The lowest BCUT2D eigenvalue weighted by atomic mass is 9.99. The number of pyridine rings is 3. The van der Waals surface area contributed by atoms with Crippen LogP contribution in [0.15, 0.2) is 61.1 Å². The molecule has 0 radical (unpaired) electrons. The smallest absolute Gasteiger partial charge is 0.407 e. The highest BCUT2D eigenvalue weighted by molar-refractivity contribution is 6.39. The lowest BCUT2D eigenvalue weighted by Crippen LogP contribution is -2.47. The van der Waals surface area contributed by atoms with E-state index in [0.717, 1.165) is 0 Å². The average molecular weight is 795 g/mol. The summed E-state index contributed by atoms with van der Waals surface area (Å²) in [4.78, 5) is 42.9. The van der Waals surface area contributed by atoms with E-state index in [-0.39, 0.29) is 43.9 Å². The number of amides is 2. The number of likely N-dealkylation sites (tertiary alicyclic amines) is 2. The van der Waals surface area contributed by atoms with Crippen LogP contribution in [0.2, 0.25) is 10.0 Å². The first kappa shape index (κ1) is 38.2. The van der Waals surface area contributed by atoms with Gasteiger partial charge in [-0.15, -0.1) is 0 Å². The fourth-order valence-corrected chi connectivity index (χ4v) is 8.03. The molecule has 2 aliphatic heterocycles. The van der Waals surface area contributed by atoms with Crippen LogP contribution in [0, 0.1) is 0 Å². The Morgan fingerprint density at radius 3 is 2.40 bits per heavy atom. The molecule has 7 rings (SSSR count). The summed E-state index contributed by atoms with van der Waals surface area (Å²) in [7, 11) is 3.01. The van der Waals surface area contributed by atoms with Crippen LogP contribution in [0.5, 0.6) is 11.6 Å². The topological polar surface area (TPSA) is 126 Å². The standard InChI is InChI=1S/C39H39Cl2F2N7O5/c1-23(51)48-14-10-27(11-15-48)50(38(52)53)19-24-7-8-31(46-37(24)55-3)30-6-4-5-28(33(30)40)29-9-13-44-35(34(29)41)25-17-32(54-2)36-45-26(21-49(36)18-25)20-47-16-12-39(42,43)22-47/h4-9,13,17-18,21,27H,10-12,14-16,19-20,22H2,1-3H3,(H,52,53). The lowest BCUT2D eigenvalue weighted by Gasteiger charge is -2.37. The van der Waals surface area contributed by atoms with Crippen molar-refractivity contribution in [1.82, 2.24) is 34.1 Å². The van der Waals surface area contributed by atoms with Crippen molar-refractivity contribution in [3.05, 3.63) is 82.4 Å². The molecule has 0 unspecified atom stereocenters. The number of hydrogen-bond donors (Lipinski definition) is 1. The molecular weight excluding hydrogens is 755 g/mol. The third-order valence-electron chi connectivity index (χ3n) is 10.2. The first-order chi connectivity index (χ1) is 26.3. The third-order valence-corrected chi connectivity index (χ3v) is 11.0. The summed E-state index contributed by atoms with van der Waals surface area (Å²) in [6.07, 6.45) is 5.10. The first-order valence-corrected chi connectivity index (χ1v) is 18.5. The molecule has 2 amide bonds. The van der Waals surface area contributed by atoms with Crippen LogP contribution in [-0.2, 0) is 17.9 Å². The number of fused-ring (bicyclic) bond motifs is 1. The predicted molar refractivity (Wildman–Crippen MR) is 204 cm³/mol. The Labute approximate surface area is 326 Å². The highest BCUT2D eigenvalue weighted by atomic mass is 35.5. The van der Waals surface area contributed by atoms with Crippen molar-refractivity contribution < 1.29 is 33.0 Å². The predicted octanol–water partition coefficient (Wildman–Crippen LogP) is 7.78. The van der Waals surface area contributed by atoms with Gasteiger partial charge in [0.1, 0.15) is 0 Å². The lowest BCUT2D eigenvalue weighted by molar-refractivity contribution is -0.130. The van der Waals surface area contributed by atoms with Crippen LogP contribution in [0.1, 0.15) is 37.4 Å². The molecule has 2 aliphatic rings. The number of alkyl halides is 2. The fourth-order valence-electron chi connectivity index (χ4n) is 7.38.